The van der Waals surface area contributed by atoms with Gasteiger partial charge in [-0.25, -0.2) is 4.98 Å². The van der Waals surface area contributed by atoms with E-state index in [4.69, 9.17) is 4.74 Å². The van der Waals surface area contributed by atoms with Crippen LogP contribution in [0.5, 0.6) is 5.75 Å². The fraction of sp³-hybridized carbons (Fsp3) is 0.455. The van der Waals surface area contributed by atoms with Crippen molar-refractivity contribution in [2.24, 2.45) is 0 Å². The minimum absolute atomic E-state index is 0.0690. The number of hydrogen-bond donors (Lipinski definition) is 1. The van der Waals surface area contributed by atoms with Crippen molar-refractivity contribution in [1.29, 1.82) is 0 Å². The quantitative estimate of drug-likeness (QED) is 0.746. The number of ether oxygens (including phenoxy) is 1. The van der Waals surface area contributed by atoms with Gasteiger partial charge in [-0.1, -0.05) is 12.1 Å². The summed E-state index contributed by atoms with van der Waals surface area (Å²) in [5.41, 5.74) is 1.85. The molecule has 1 saturated heterocycles. The van der Waals surface area contributed by atoms with E-state index in [0.717, 1.165) is 44.0 Å². The molecule has 2 heterocycles. The first-order valence-electron chi connectivity index (χ1n) is 9.89. The fourth-order valence-electron chi connectivity index (χ4n) is 3.35. The van der Waals surface area contributed by atoms with E-state index in [1.807, 2.05) is 24.3 Å². The maximum absolute atomic E-state index is 12.3. The third kappa shape index (κ3) is 5.23. The summed E-state index contributed by atoms with van der Waals surface area (Å²) in [7, 11) is 3.81. The molecule has 0 unspecified atom stereocenters. The minimum Gasteiger partial charge on any atom is -0.497 e. The second-order valence-corrected chi connectivity index (χ2v) is 7.39. The lowest BCUT2D eigenvalue weighted by Gasteiger charge is -2.38. The number of nitrogens with one attached hydrogen (secondary N) is 1. The lowest BCUT2D eigenvalue weighted by molar-refractivity contribution is 0.0953. The number of benzene rings is 1. The van der Waals surface area contributed by atoms with E-state index in [1.165, 1.54) is 5.56 Å². The number of likely N-dealkylation sites (N-methyl/N-ethyl adjacent to an activating group) is 1. The number of methoxy groups -OCH3 is 1. The van der Waals surface area contributed by atoms with Gasteiger partial charge in [0.2, 0.25) is 0 Å². The maximum Gasteiger partial charge on any atom is 0.252 e. The van der Waals surface area contributed by atoms with Crippen molar-refractivity contribution in [2.45, 2.75) is 25.8 Å². The standard InChI is InChI=1S/C22H30N4O2/c1-17-16-26(14-13-25(17)2)21-11-8-19(15-24-21)22(27)23-12-4-5-18-6-9-20(28-3)10-7-18/h6-11,15,17H,4-5,12-14,16H2,1-3H3,(H,23,27)/t17-/m0/s1. The molecule has 6 nitrogen and oxygen atoms in total. The Balaban J connectivity index is 1.44. The van der Waals surface area contributed by atoms with E-state index in [2.05, 4.69) is 46.2 Å². The highest BCUT2D eigenvalue weighted by molar-refractivity contribution is 5.94. The van der Waals surface area contributed by atoms with Crippen LogP contribution in [0.1, 0.15) is 29.3 Å². The zero-order valence-electron chi connectivity index (χ0n) is 17.0. The number of carbonyl (C=O) groups is 1. The zero-order valence-corrected chi connectivity index (χ0v) is 17.0. The molecule has 28 heavy (non-hydrogen) atoms. The lowest BCUT2D eigenvalue weighted by atomic mass is 10.1. The molecule has 0 spiro atoms. The molecule has 0 aliphatic carbocycles. The summed E-state index contributed by atoms with van der Waals surface area (Å²) < 4.78 is 5.16. The molecule has 1 atom stereocenters. The molecule has 0 saturated carbocycles. The molecule has 0 radical (unpaired) electrons. The highest BCUT2D eigenvalue weighted by Gasteiger charge is 2.21. The summed E-state index contributed by atoms with van der Waals surface area (Å²) in [6.45, 7) is 5.81. The minimum atomic E-state index is -0.0690. The first-order valence-corrected chi connectivity index (χ1v) is 9.89. The lowest BCUT2D eigenvalue weighted by Crippen LogP contribution is -2.50. The summed E-state index contributed by atoms with van der Waals surface area (Å²) in [6, 6.07) is 12.4. The molecule has 0 bridgehead atoms. The topological polar surface area (TPSA) is 57.7 Å². The SMILES string of the molecule is COc1ccc(CCCNC(=O)c2ccc(N3CCN(C)[C@@H](C)C3)nc2)cc1. The van der Waals surface area contributed by atoms with Gasteiger partial charge >= 0.3 is 0 Å². The Morgan fingerprint density at radius 1 is 1.21 bits per heavy atom. The summed E-state index contributed by atoms with van der Waals surface area (Å²) in [6.07, 6.45) is 3.49. The monoisotopic (exact) mass is 382 g/mol. The van der Waals surface area contributed by atoms with Crippen molar-refractivity contribution < 1.29 is 9.53 Å². The molecule has 1 amide bonds. The van der Waals surface area contributed by atoms with Gasteiger partial charge in [0.15, 0.2) is 0 Å². The van der Waals surface area contributed by atoms with Crippen LogP contribution in [0.2, 0.25) is 0 Å². The van der Waals surface area contributed by atoms with E-state index in [9.17, 15) is 4.79 Å². The normalized spacial score (nSPS) is 17.4. The molecular weight excluding hydrogens is 352 g/mol. The van der Waals surface area contributed by atoms with Crippen LogP contribution >= 0.6 is 0 Å². The van der Waals surface area contributed by atoms with Crippen LogP contribution in [0.25, 0.3) is 0 Å². The molecular formula is C22H30N4O2. The number of aromatic nitrogens is 1. The molecule has 1 aromatic carbocycles. The second-order valence-electron chi connectivity index (χ2n) is 7.39. The molecule has 1 aromatic heterocycles. The largest absolute Gasteiger partial charge is 0.497 e. The summed E-state index contributed by atoms with van der Waals surface area (Å²) in [4.78, 5) is 21.5. The number of nitrogens with zero attached hydrogens (tertiary/aromatic N) is 3. The van der Waals surface area contributed by atoms with Gasteiger partial charge in [0, 0.05) is 38.4 Å². The van der Waals surface area contributed by atoms with Gasteiger partial charge in [-0.3, -0.25) is 4.79 Å². The number of amides is 1. The van der Waals surface area contributed by atoms with Gasteiger partial charge in [0.05, 0.1) is 12.7 Å². The van der Waals surface area contributed by atoms with Crippen LogP contribution in [0, 0.1) is 0 Å². The third-order valence-corrected chi connectivity index (χ3v) is 5.38. The summed E-state index contributed by atoms with van der Waals surface area (Å²) in [5, 5.41) is 2.98. The average Bonchev–Trinajstić information content (AvgIpc) is 2.73. The van der Waals surface area contributed by atoms with Crippen LogP contribution in [0.15, 0.2) is 42.6 Å². The Labute approximate surface area is 167 Å². The van der Waals surface area contributed by atoms with E-state index < -0.39 is 0 Å². The van der Waals surface area contributed by atoms with Crippen molar-refractivity contribution in [3.05, 3.63) is 53.7 Å². The predicted molar refractivity (Wildman–Crippen MR) is 112 cm³/mol. The van der Waals surface area contributed by atoms with Gasteiger partial charge in [0.25, 0.3) is 5.91 Å². The van der Waals surface area contributed by atoms with Gasteiger partial charge in [0.1, 0.15) is 11.6 Å². The maximum atomic E-state index is 12.3. The van der Waals surface area contributed by atoms with Crippen LogP contribution in [-0.4, -0.2) is 62.2 Å². The molecule has 150 valence electrons. The van der Waals surface area contributed by atoms with Gasteiger partial charge in [-0.05, 0) is 56.6 Å². The van der Waals surface area contributed by atoms with Crippen molar-refractivity contribution >= 4 is 11.7 Å². The first kappa shape index (κ1) is 20.1. The van der Waals surface area contributed by atoms with Crippen molar-refractivity contribution in [1.82, 2.24) is 15.2 Å². The number of hydrogen-bond acceptors (Lipinski definition) is 5. The zero-order chi connectivity index (χ0) is 19.9. The van der Waals surface area contributed by atoms with Gasteiger partial charge in [-0.15, -0.1) is 0 Å². The van der Waals surface area contributed by atoms with Gasteiger partial charge < -0.3 is 19.9 Å². The smallest absolute Gasteiger partial charge is 0.252 e. The highest BCUT2D eigenvalue weighted by Crippen LogP contribution is 2.16. The van der Waals surface area contributed by atoms with Crippen molar-refractivity contribution in [2.75, 3.05) is 45.2 Å². The Hall–Kier alpha value is -2.60. The average molecular weight is 383 g/mol. The van der Waals surface area contributed by atoms with Crippen molar-refractivity contribution in [3.8, 4) is 5.75 Å². The predicted octanol–water partition coefficient (Wildman–Crippen LogP) is 2.59. The van der Waals surface area contributed by atoms with Gasteiger partial charge in [-0.2, -0.15) is 0 Å². The number of carbonyl (C=O) groups excluding carboxylic acids is 1. The second kappa shape index (κ2) is 9.55. The molecule has 1 aliphatic heterocycles. The molecule has 6 heteroatoms. The Kier molecular flexibility index (Phi) is 6.87. The molecule has 3 rings (SSSR count). The number of rotatable bonds is 7. The van der Waals surface area contributed by atoms with E-state index >= 15 is 0 Å². The Morgan fingerprint density at radius 3 is 2.64 bits per heavy atom. The van der Waals surface area contributed by atoms with Crippen LogP contribution < -0.4 is 15.0 Å². The number of aryl methyl sites for hydroxylation is 1. The van der Waals surface area contributed by atoms with Crippen LogP contribution in [-0.2, 0) is 6.42 Å². The van der Waals surface area contributed by atoms with E-state index in [0.29, 0.717) is 18.2 Å². The van der Waals surface area contributed by atoms with E-state index in [1.54, 1.807) is 13.3 Å². The number of pyridine rings is 1. The third-order valence-electron chi connectivity index (χ3n) is 5.38. The molecule has 1 N–H and O–H groups in total. The summed E-state index contributed by atoms with van der Waals surface area (Å²) >= 11 is 0. The Bertz CT molecular complexity index is 761. The highest BCUT2D eigenvalue weighted by atomic mass is 16.5. The number of anilines is 1. The van der Waals surface area contributed by atoms with Crippen molar-refractivity contribution in [3.63, 3.8) is 0 Å². The fourth-order valence-corrected chi connectivity index (χ4v) is 3.35. The first-order chi connectivity index (χ1) is 13.6. The Morgan fingerprint density at radius 2 is 2.00 bits per heavy atom. The molecule has 2 aromatic rings. The van der Waals surface area contributed by atoms with Crippen LogP contribution in [0.3, 0.4) is 0 Å². The van der Waals surface area contributed by atoms with E-state index in [-0.39, 0.29) is 5.91 Å². The van der Waals surface area contributed by atoms with Crippen LogP contribution in [0.4, 0.5) is 5.82 Å². The molecule has 1 aliphatic rings. The number of piperazine rings is 1. The molecule has 1 fully saturated rings. The summed E-state index contributed by atoms with van der Waals surface area (Å²) in [5.74, 6) is 1.73.